The predicted octanol–water partition coefficient (Wildman–Crippen LogP) is 1.40. The fourth-order valence-electron chi connectivity index (χ4n) is 3.38. The van der Waals surface area contributed by atoms with Crippen molar-refractivity contribution in [2.75, 3.05) is 39.4 Å². The van der Waals surface area contributed by atoms with Crippen molar-refractivity contribution >= 4 is 16.1 Å². The van der Waals surface area contributed by atoms with E-state index in [9.17, 15) is 13.2 Å². The lowest BCUT2D eigenvalue weighted by Crippen LogP contribution is -2.39. The van der Waals surface area contributed by atoms with Crippen LogP contribution in [0.2, 0.25) is 0 Å². The van der Waals surface area contributed by atoms with Crippen molar-refractivity contribution in [3.05, 3.63) is 23.4 Å². The Bertz CT molecular complexity index is 933. The van der Waals surface area contributed by atoms with E-state index in [-0.39, 0.29) is 24.1 Å². The number of amides is 1. The van der Waals surface area contributed by atoms with Gasteiger partial charge in [-0.2, -0.15) is 4.31 Å². The molecule has 0 saturated carbocycles. The first kappa shape index (κ1) is 19.0. The smallest absolute Gasteiger partial charge is 0.410 e. The molecule has 0 unspecified atom stereocenters. The number of carbonyl (C=O) groups excluding carboxylic acids is 1. The number of carbonyl (C=O) groups is 1. The number of nitrogens with zero attached hydrogens (tertiary/aromatic N) is 3. The summed E-state index contributed by atoms with van der Waals surface area (Å²) in [6.07, 6.45) is 0.909. The molecule has 0 aliphatic carbocycles. The minimum absolute atomic E-state index is 0.0712. The largest absolute Gasteiger partial charge is 0.484 e. The highest BCUT2D eigenvalue weighted by Gasteiger charge is 2.39. The molecule has 0 bridgehead atoms. The van der Waals surface area contributed by atoms with Gasteiger partial charge < -0.3 is 19.1 Å². The van der Waals surface area contributed by atoms with Crippen molar-refractivity contribution in [1.29, 1.82) is 0 Å². The maximum Gasteiger partial charge on any atom is 0.410 e. The van der Waals surface area contributed by atoms with E-state index in [1.807, 2.05) is 20.8 Å². The van der Waals surface area contributed by atoms with E-state index in [1.54, 1.807) is 4.90 Å². The van der Waals surface area contributed by atoms with Crippen LogP contribution in [-0.4, -0.2) is 73.7 Å². The Morgan fingerprint density at radius 1 is 1.11 bits per heavy atom. The summed E-state index contributed by atoms with van der Waals surface area (Å²) in [5.74, 6) is 0.642. The summed E-state index contributed by atoms with van der Waals surface area (Å²) >= 11 is 0. The number of fused-ring (bicyclic) bond motifs is 1. The van der Waals surface area contributed by atoms with E-state index in [1.165, 1.54) is 16.6 Å². The van der Waals surface area contributed by atoms with E-state index in [0.717, 1.165) is 11.1 Å². The Labute approximate surface area is 163 Å². The SMILES string of the molecule is CC(C)(C)OC(=O)N1CC2=C(C1)CN(S(=O)(=O)c1cnc3c(c1)OCCO3)C2. The van der Waals surface area contributed by atoms with Crippen LogP contribution < -0.4 is 9.47 Å². The van der Waals surface area contributed by atoms with Crippen molar-refractivity contribution in [3.63, 3.8) is 0 Å². The molecule has 0 saturated heterocycles. The third-order valence-corrected chi connectivity index (χ3v) is 6.42. The third-order valence-electron chi connectivity index (χ3n) is 4.66. The first-order valence-electron chi connectivity index (χ1n) is 9.07. The van der Waals surface area contributed by atoms with Crippen LogP contribution in [0.3, 0.4) is 0 Å². The van der Waals surface area contributed by atoms with Crippen LogP contribution in [0.15, 0.2) is 28.3 Å². The normalized spacial score (nSPS) is 19.8. The topological polar surface area (TPSA) is 98.3 Å². The molecule has 3 aliphatic rings. The number of hydrogen-bond acceptors (Lipinski definition) is 7. The first-order valence-corrected chi connectivity index (χ1v) is 10.5. The maximum atomic E-state index is 13.0. The molecular weight excluding hydrogens is 386 g/mol. The average Bonchev–Trinajstić information content (AvgIpc) is 3.19. The highest BCUT2D eigenvalue weighted by atomic mass is 32.2. The fourth-order valence-corrected chi connectivity index (χ4v) is 4.77. The molecule has 1 amide bonds. The molecule has 4 heterocycles. The van der Waals surface area contributed by atoms with Gasteiger partial charge in [0.15, 0.2) is 5.75 Å². The molecule has 0 N–H and O–H groups in total. The van der Waals surface area contributed by atoms with Gasteiger partial charge in [0.25, 0.3) is 5.88 Å². The molecular formula is C18H23N3O6S. The fraction of sp³-hybridized carbons (Fsp3) is 0.556. The van der Waals surface area contributed by atoms with Gasteiger partial charge in [-0.05, 0) is 31.9 Å². The summed E-state index contributed by atoms with van der Waals surface area (Å²) in [6, 6.07) is 1.45. The second kappa shape index (κ2) is 6.63. The number of sulfonamides is 1. The lowest BCUT2D eigenvalue weighted by molar-refractivity contribution is 0.0295. The zero-order valence-electron chi connectivity index (χ0n) is 16.1. The summed E-state index contributed by atoms with van der Waals surface area (Å²) in [5.41, 5.74) is 1.32. The lowest BCUT2D eigenvalue weighted by atomic mass is 10.2. The van der Waals surface area contributed by atoms with Crippen LogP contribution in [0.25, 0.3) is 0 Å². The predicted molar refractivity (Wildman–Crippen MR) is 98.8 cm³/mol. The molecule has 9 nitrogen and oxygen atoms in total. The quantitative estimate of drug-likeness (QED) is 0.681. The second-order valence-corrected chi connectivity index (χ2v) is 9.93. The third kappa shape index (κ3) is 3.53. The Balaban J connectivity index is 1.44. The Hall–Kier alpha value is -2.33. The van der Waals surface area contributed by atoms with Crippen molar-refractivity contribution < 1.29 is 27.4 Å². The van der Waals surface area contributed by atoms with Crippen molar-refractivity contribution in [3.8, 4) is 11.6 Å². The van der Waals surface area contributed by atoms with Crippen LogP contribution in [-0.2, 0) is 14.8 Å². The van der Waals surface area contributed by atoms with Crippen LogP contribution >= 0.6 is 0 Å². The van der Waals surface area contributed by atoms with Gasteiger partial charge in [0, 0.05) is 32.2 Å². The van der Waals surface area contributed by atoms with E-state index >= 15 is 0 Å². The van der Waals surface area contributed by atoms with Crippen LogP contribution in [0.5, 0.6) is 11.6 Å². The molecule has 28 heavy (non-hydrogen) atoms. The van der Waals surface area contributed by atoms with Gasteiger partial charge in [-0.15, -0.1) is 0 Å². The first-order chi connectivity index (χ1) is 13.1. The number of aromatic nitrogens is 1. The molecule has 0 fully saturated rings. The molecule has 152 valence electrons. The monoisotopic (exact) mass is 409 g/mol. The number of hydrogen-bond donors (Lipinski definition) is 0. The molecule has 3 aliphatic heterocycles. The zero-order chi connectivity index (χ0) is 20.1. The minimum Gasteiger partial charge on any atom is -0.484 e. The van der Waals surface area contributed by atoms with E-state index < -0.39 is 15.6 Å². The summed E-state index contributed by atoms with van der Waals surface area (Å²) in [6.45, 7) is 7.48. The molecule has 1 aromatic rings. The Kier molecular flexibility index (Phi) is 4.50. The van der Waals surface area contributed by atoms with Gasteiger partial charge in [-0.3, -0.25) is 0 Å². The molecule has 1 aromatic heterocycles. The Morgan fingerprint density at radius 3 is 2.39 bits per heavy atom. The summed E-state index contributed by atoms with van der Waals surface area (Å²) < 4.78 is 43.6. The molecule has 0 atom stereocenters. The molecule has 0 radical (unpaired) electrons. The average molecular weight is 409 g/mol. The number of rotatable bonds is 2. The van der Waals surface area contributed by atoms with Crippen molar-refractivity contribution in [2.24, 2.45) is 0 Å². The summed E-state index contributed by atoms with van der Waals surface area (Å²) in [5, 5.41) is 0. The Morgan fingerprint density at radius 2 is 1.75 bits per heavy atom. The van der Waals surface area contributed by atoms with E-state index in [2.05, 4.69) is 4.98 Å². The lowest BCUT2D eigenvalue weighted by Gasteiger charge is -2.26. The number of pyridine rings is 1. The van der Waals surface area contributed by atoms with Gasteiger partial charge >= 0.3 is 6.09 Å². The van der Waals surface area contributed by atoms with Gasteiger partial charge in [-0.1, -0.05) is 0 Å². The van der Waals surface area contributed by atoms with Crippen LogP contribution in [0.1, 0.15) is 20.8 Å². The maximum absolute atomic E-state index is 13.0. The van der Waals surface area contributed by atoms with Gasteiger partial charge in [0.1, 0.15) is 23.7 Å². The van der Waals surface area contributed by atoms with Gasteiger partial charge in [0.2, 0.25) is 10.0 Å². The molecule has 0 spiro atoms. The molecule has 0 aromatic carbocycles. The zero-order valence-corrected chi connectivity index (χ0v) is 16.9. The van der Waals surface area contributed by atoms with E-state index in [0.29, 0.717) is 37.9 Å². The molecule has 10 heteroatoms. The van der Waals surface area contributed by atoms with Gasteiger partial charge in [0.05, 0.1) is 6.20 Å². The number of ether oxygens (including phenoxy) is 3. The highest BCUT2D eigenvalue weighted by molar-refractivity contribution is 7.89. The highest BCUT2D eigenvalue weighted by Crippen LogP contribution is 2.34. The van der Waals surface area contributed by atoms with Gasteiger partial charge in [-0.25, -0.2) is 18.2 Å². The summed E-state index contributed by atoms with van der Waals surface area (Å²) in [4.78, 5) is 18.0. The van der Waals surface area contributed by atoms with Crippen molar-refractivity contribution in [2.45, 2.75) is 31.3 Å². The standard InChI is InChI=1S/C18H23N3O6S/c1-18(2,3)27-17(22)20-8-12-10-21(11-13(12)9-20)28(23,24)14-6-15-16(19-7-14)26-5-4-25-15/h6-7H,4-5,8-11H2,1-3H3. The second-order valence-electron chi connectivity index (χ2n) is 7.99. The minimum atomic E-state index is -3.72. The molecule has 4 rings (SSSR count). The van der Waals surface area contributed by atoms with E-state index in [4.69, 9.17) is 14.2 Å². The van der Waals surface area contributed by atoms with Crippen molar-refractivity contribution in [1.82, 2.24) is 14.2 Å². The van der Waals surface area contributed by atoms with Crippen LogP contribution in [0, 0.1) is 0 Å². The van der Waals surface area contributed by atoms with Crippen LogP contribution in [0.4, 0.5) is 4.79 Å². The summed E-state index contributed by atoms with van der Waals surface area (Å²) in [7, 11) is -3.72.